The first-order valence-electron chi connectivity index (χ1n) is 11.0. The molecule has 0 bridgehead atoms. The Bertz CT molecular complexity index is 738. The number of nitrogens with one attached hydrogen (secondary N) is 2. The largest absolute Gasteiger partial charge is 0.480 e. The van der Waals surface area contributed by atoms with Crippen molar-refractivity contribution < 1.29 is 29.4 Å². The summed E-state index contributed by atoms with van der Waals surface area (Å²) >= 11 is 0. The van der Waals surface area contributed by atoms with Crippen molar-refractivity contribution in [1.82, 2.24) is 15.5 Å². The van der Waals surface area contributed by atoms with Gasteiger partial charge in [0.25, 0.3) is 0 Å². The lowest BCUT2D eigenvalue weighted by atomic mass is 10.0. The van der Waals surface area contributed by atoms with E-state index in [2.05, 4.69) is 15.6 Å². The number of carboxylic acid groups (broad SMARTS) is 1. The van der Waals surface area contributed by atoms with Crippen molar-refractivity contribution in [1.29, 1.82) is 0 Å². The number of likely N-dealkylation sites (tertiary alicyclic amines) is 1. The first-order valence-corrected chi connectivity index (χ1v) is 11.0. The highest BCUT2D eigenvalue weighted by atomic mass is 16.4. The third kappa shape index (κ3) is 8.50. The summed E-state index contributed by atoms with van der Waals surface area (Å²) in [5.41, 5.74) is 16.3. The Balaban J connectivity index is 2.87. The van der Waals surface area contributed by atoms with Crippen LogP contribution in [0.2, 0.25) is 0 Å². The Hall–Kier alpha value is -2.93. The number of aliphatic hydroxyl groups is 1. The van der Waals surface area contributed by atoms with Gasteiger partial charge in [-0.25, -0.2) is 4.79 Å². The molecule has 1 fully saturated rings. The summed E-state index contributed by atoms with van der Waals surface area (Å²) in [7, 11) is 0. The van der Waals surface area contributed by atoms with E-state index in [1.165, 1.54) is 11.8 Å². The van der Waals surface area contributed by atoms with E-state index in [9.17, 15) is 29.4 Å². The molecule has 1 saturated heterocycles. The van der Waals surface area contributed by atoms with Crippen LogP contribution >= 0.6 is 0 Å². The Labute approximate surface area is 193 Å². The van der Waals surface area contributed by atoms with Gasteiger partial charge in [-0.15, -0.1) is 0 Å². The molecule has 0 radical (unpaired) electrons. The molecule has 13 nitrogen and oxygen atoms in total. The highest BCUT2D eigenvalue weighted by molar-refractivity contribution is 5.94. The number of carbonyl (C=O) groups is 4. The number of hydrogen-bond acceptors (Lipinski definition) is 7. The zero-order chi connectivity index (χ0) is 25.3. The standard InChI is InChI=1S/C20H37N7O6/c1-10(2)14(21)17(30)26-15(11(3)28)18(31)27-9-5-7-13(27)16(29)25-12(19(32)33)6-4-8-24-20(22)23/h10-15,28H,4-9,21H2,1-3H3,(H,25,29)(H,26,30)(H,32,33)(H4,22,23,24). The molecule has 1 rings (SSSR count). The van der Waals surface area contributed by atoms with Crippen LogP contribution in [0, 0.1) is 5.92 Å². The van der Waals surface area contributed by atoms with Crippen molar-refractivity contribution in [3.05, 3.63) is 0 Å². The minimum atomic E-state index is -1.29. The molecule has 5 unspecified atom stereocenters. The molecular weight excluding hydrogens is 434 g/mol. The first kappa shape index (κ1) is 28.1. The summed E-state index contributed by atoms with van der Waals surface area (Å²) in [6.45, 7) is 5.30. The highest BCUT2D eigenvalue weighted by Crippen LogP contribution is 2.20. The number of carboxylic acids is 1. The van der Waals surface area contributed by atoms with E-state index < -0.39 is 54.0 Å². The number of hydrogen-bond donors (Lipinski definition) is 7. The SMILES string of the molecule is CC(C)C(N)C(=O)NC(C(=O)N1CCCC1C(=O)NC(CCCN=C(N)N)C(=O)O)C(C)O. The maximum absolute atomic E-state index is 13.1. The van der Waals surface area contributed by atoms with Crippen molar-refractivity contribution in [3.63, 3.8) is 0 Å². The number of amides is 3. The second-order valence-corrected chi connectivity index (χ2v) is 8.53. The summed E-state index contributed by atoms with van der Waals surface area (Å²) in [5, 5.41) is 24.5. The molecule has 0 aromatic carbocycles. The van der Waals surface area contributed by atoms with Crippen LogP contribution < -0.4 is 27.8 Å². The molecule has 1 aliphatic rings. The fourth-order valence-corrected chi connectivity index (χ4v) is 3.45. The van der Waals surface area contributed by atoms with Crippen LogP contribution in [0.3, 0.4) is 0 Å². The van der Waals surface area contributed by atoms with Crippen LogP contribution in [-0.2, 0) is 19.2 Å². The average molecular weight is 472 g/mol. The highest BCUT2D eigenvalue weighted by Gasteiger charge is 2.40. The number of aliphatic carboxylic acids is 1. The summed E-state index contributed by atoms with van der Waals surface area (Å²) in [5.74, 6) is -3.35. The quantitative estimate of drug-likeness (QED) is 0.0901. The van der Waals surface area contributed by atoms with Crippen molar-refractivity contribution in [2.75, 3.05) is 13.1 Å². The monoisotopic (exact) mass is 471 g/mol. The van der Waals surface area contributed by atoms with Gasteiger partial charge in [-0.2, -0.15) is 0 Å². The molecule has 0 saturated carbocycles. The van der Waals surface area contributed by atoms with Gasteiger partial charge in [0.05, 0.1) is 12.1 Å². The van der Waals surface area contributed by atoms with Crippen LogP contribution in [0.1, 0.15) is 46.5 Å². The molecule has 0 spiro atoms. The van der Waals surface area contributed by atoms with E-state index in [4.69, 9.17) is 17.2 Å². The van der Waals surface area contributed by atoms with E-state index in [-0.39, 0.29) is 31.4 Å². The summed E-state index contributed by atoms with van der Waals surface area (Å²) in [6, 6.07) is -4.26. The average Bonchev–Trinajstić information content (AvgIpc) is 3.22. The van der Waals surface area contributed by atoms with E-state index in [1.807, 2.05) is 0 Å². The Morgan fingerprint density at radius 3 is 2.30 bits per heavy atom. The van der Waals surface area contributed by atoms with Gasteiger partial charge >= 0.3 is 5.97 Å². The molecule has 0 aliphatic carbocycles. The number of aliphatic hydroxyl groups excluding tert-OH is 1. The molecule has 33 heavy (non-hydrogen) atoms. The Morgan fingerprint density at radius 2 is 1.79 bits per heavy atom. The number of carbonyl (C=O) groups excluding carboxylic acids is 3. The van der Waals surface area contributed by atoms with Gasteiger partial charge in [-0.05, 0) is 38.5 Å². The molecule has 10 N–H and O–H groups in total. The lowest BCUT2D eigenvalue weighted by Gasteiger charge is -2.31. The minimum Gasteiger partial charge on any atom is -0.480 e. The molecule has 0 aromatic rings. The maximum Gasteiger partial charge on any atom is 0.326 e. The second kappa shape index (κ2) is 12.9. The topological polar surface area (TPSA) is 226 Å². The van der Waals surface area contributed by atoms with Crippen molar-refractivity contribution in [2.24, 2.45) is 28.1 Å². The molecular formula is C20H37N7O6. The third-order valence-corrected chi connectivity index (χ3v) is 5.47. The van der Waals surface area contributed by atoms with Gasteiger partial charge < -0.3 is 42.9 Å². The third-order valence-electron chi connectivity index (χ3n) is 5.47. The number of nitrogens with zero attached hydrogens (tertiary/aromatic N) is 2. The molecule has 1 heterocycles. The van der Waals surface area contributed by atoms with E-state index in [0.29, 0.717) is 19.3 Å². The summed E-state index contributed by atoms with van der Waals surface area (Å²) in [6.07, 6.45) is 0.0293. The van der Waals surface area contributed by atoms with E-state index in [1.54, 1.807) is 13.8 Å². The van der Waals surface area contributed by atoms with Crippen LogP contribution in [0.5, 0.6) is 0 Å². The number of rotatable bonds is 12. The molecule has 3 amide bonds. The zero-order valence-electron chi connectivity index (χ0n) is 19.4. The Kier molecular flexibility index (Phi) is 11.0. The van der Waals surface area contributed by atoms with Crippen LogP contribution in [-0.4, -0.2) is 88.1 Å². The fourth-order valence-electron chi connectivity index (χ4n) is 3.45. The molecule has 13 heteroatoms. The van der Waals surface area contributed by atoms with E-state index in [0.717, 1.165) is 0 Å². The number of aliphatic imine (C=N–C) groups is 1. The van der Waals surface area contributed by atoms with Gasteiger partial charge in [0.15, 0.2) is 5.96 Å². The first-order chi connectivity index (χ1) is 15.4. The normalized spacial score (nSPS) is 19.3. The van der Waals surface area contributed by atoms with Crippen molar-refractivity contribution >= 4 is 29.7 Å². The molecule has 5 atom stereocenters. The molecule has 0 aromatic heterocycles. The summed E-state index contributed by atoms with van der Waals surface area (Å²) in [4.78, 5) is 54.8. The Morgan fingerprint density at radius 1 is 1.15 bits per heavy atom. The lowest BCUT2D eigenvalue weighted by Crippen LogP contribution is -2.60. The molecule has 188 valence electrons. The minimum absolute atomic E-state index is 0.0952. The smallest absolute Gasteiger partial charge is 0.326 e. The van der Waals surface area contributed by atoms with Crippen LogP contribution in [0.15, 0.2) is 4.99 Å². The summed E-state index contributed by atoms with van der Waals surface area (Å²) < 4.78 is 0. The van der Waals surface area contributed by atoms with Crippen LogP contribution in [0.25, 0.3) is 0 Å². The number of nitrogens with two attached hydrogens (primary N) is 3. The maximum atomic E-state index is 13.1. The lowest BCUT2D eigenvalue weighted by molar-refractivity contribution is -0.146. The zero-order valence-corrected chi connectivity index (χ0v) is 19.4. The van der Waals surface area contributed by atoms with Gasteiger partial charge in [0.1, 0.15) is 18.1 Å². The van der Waals surface area contributed by atoms with Gasteiger partial charge in [0, 0.05) is 13.1 Å². The predicted octanol–water partition coefficient (Wildman–Crippen LogP) is -2.55. The van der Waals surface area contributed by atoms with Gasteiger partial charge in [-0.3, -0.25) is 19.4 Å². The number of guanidine groups is 1. The second-order valence-electron chi connectivity index (χ2n) is 8.53. The van der Waals surface area contributed by atoms with Crippen molar-refractivity contribution in [2.45, 2.75) is 76.7 Å². The van der Waals surface area contributed by atoms with Crippen molar-refractivity contribution in [3.8, 4) is 0 Å². The van der Waals surface area contributed by atoms with Gasteiger partial charge in [0.2, 0.25) is 17.7 Å². The molecule has 1 aliphatic heterocycles. The predicted molar refractivity (Wildman–Crippen MR) is 121 cm³/mol. The van der Waals surface area contributed by atoms with E-state index >= 15 is 0 Å². The van der Waals surface area contributed by atoms with Gasteiger partial charge in [-0.1, -0.05) is 13.8 Å². The fraction of sp³-hybridized carbons (Fsp3) is 0.750. The van der Waals surface area contributed by atoms with Crippen LogP contribution in [0.4, 0.5) is 0 Å².